The summed E-state index contributed by atoms with van der Waals surface area (Å²) in [5.74, 6) is -0.802. The molecule has 4 aromatic rings. The number of nitrogens with zero attached hydrogens (tertiary/aromatic N) is 2. The van der Waals surface area contributed by atoms with Crippen molar-refractivity contribution in [3.8, 4) is 11.3 Å². The lowest BCUT2D eigenvalue weighted by molar-refractivity contribution is -0.122. The van der Waals surface area contributed by atoms with Crippen LogP contribution in [0.3, 0.4) is 0 Å². The minimum Gasteiger partial charge on any atom is -0.353 e. The second kappa shape index (κ2) is 11.8. The predicted octanol–water partition coefficient (Wildman–Crippen LogP) is 2.96. The van der Waals surface area contributed by atoms with Gasteiger partial charge in [-0.2, -0.15) is 5.10 Å². The van der Waals surface area contributed by atoms with Crippen molar-refractivity contribution in [1.82, 2.24) is 20.4 Å². The highest BCUT2D eigenvalue weighted by Gasteiger charge is 2.11. The molecule has 0 spiro atoms. The Bertz CT molecular complexity index is 1490. The zero-order valence-corrected chi connectivity index (χ0v) is 20.4. The molecule has 9 heteroatoms. The van der Waals surface area contributed by atoms with E-state index < -0.39 is 5.91 Å². The van der Waals surface area contributed by atoms with Crippen LogP contribution in [0.5, 0.6) is 0 Å². The van der Waals surface area contributed by atoms with Crippen LogP contribution in [-0.2, 0) is 16.1 Å². The molecule has 37 heavy (non-hydrogen) atoms. The van der Waals surface area contributed by atoms with Gasteiger partial charge in [-0.25, -0.2) is 4.68 Å². The van der Waals surface area contributed by atoms with E-state index in [0.717, 1.165) is 21.0 Å². The predicted molar refractivity (Wildman–Crippen MR) is 142 cm³/mol. The van der Waals surface area contributed by atoms with Crippen molar-refractivity contribution in [3.63, 3.8) is 0 Å². The SMILES string of the molecule is CCC(=O)Nc1ccc(C(=O)NCCNC(=O)Cn2nc(-c3cccc4ccccc34)ccc2=O)cc1. The third kappa shape index (κ3) is 6.46. The van der Waals surface area contributed by atoms with E-state index in [1.54, 1.807) is 37.3 Å². The minimum atomic E-state index is -0.394. The summed E-state index contributed by atoms with van der Waals surface area (Å²) in [6.07, 6.45) is 0.369. The fourth-order valence-corrected chi connectivity index (χ4v) is 3.78. The van der Waals surface area contributed by atoms with E-state index in [1.165, 1.54) is 6.07 Å². The summed E-state index contributed by atoms with van der Waals surface area (Å²) in [5, 5.41) is 14.6. The highest BCUT2D eigenvalue weighted by molar-refractivity contribution is 5.96. The van der Waals surface area contributed by atoms with Crippen LogP contribution in [0.15, 0.2) is 83.7 Å². The highest BCUT2D eigenvalue weighted by Crippen LogP contribution is 2.26. The van der Waals surface area contributed by atoms with Crippen molar-refractivity contribution in [2.75, 3.05) is 18.4 Å². The summed E-state index contributed by atoms with van der Waals surface area (Å²) in [6, 6.07) is 23.3. The molecule has 0 aliphatic rings. The van der Waals surface area contributed by atoms with Gasteiger partial charge in [0.15, 0.2) is 0 Å². The van der Waals surface area contributed by atoms with Crippen molar-refractivity contribution in [2.24, 2.45) is 0 Å². The van der Waals surface area contributed by atoms with Crippen LogP contribution in [-0.4, -0.2) is 40.6 Å². The lowest BCUT2D eigenvalue weighted by Crippen LogP contribution is -2.38. The fraction of sp³-hybridized carbons (Fsp3) is 0.179. The summed E-state index contributed by atoms with van der Waals surface area (Å²) in [7, 11) is 0. The van der Waals surface area contributed by atoms with Gasteiger partial charge in [0, 0.05) is 42.4 Å². The molecule has 0 aliphatic carbocycles. The highest BCUT2D eigenvalue weighted by atomic mass is 16.2. The average Bonchev–Trinajstić information content (AvgIpc) is 2.92. The van der Waals surface area contributed by atoms with E-state index in [1.807, 2.05) is 42.5 Å². The molecule has 0 aliphatic heterocycles. The maximum absolute atomic E-state index is 12.4. The number of amides is 3. The van der Waals surface area contributed by atoms with Crippen LogP contribution in [0, 0.1) is 0 Å². The summed E-state index contributed by atoms with van der Waals surface area (Å²) >= 11 is 0. The molecule has 0 radical (unpaired) electrons. The number of carbonyl (C=O) groups excluding carboxylic acids is 3. The summed E-state index contributed by atoms with van der Waals surface area (Å²) in [5.41, 5.74) is 2.13. The molecule has 3 aromatic carbocycles. The lowest BCUT2D eigenvalue weighted by Gasteiger charge is -2.10. The van der Waals surface area contributed by atoms with Crippen LogP contribution in [0.25, 0.3) is 22.0 Å². The van der Waals surface area contributed by atoms with Gasteiger partial charge in [0.25, 0.3) is 11.5 Å². The molecule has 188 valence electrons. The van der Waals surface area contributed by atoms with Crippen LogP contribution in [0.4, 0.5) is 5.69 Å². The average molecular weight is 498 g/mol. The standard InChI is InChI=1S/C28H27N5O4/c1-2-25(34)31-21-12-10-20(11-13-21)28(37)30-17-16-29-26(35)18-33-27(36)15-14-24(32-33)23-9-5-7-19-6-3-4-8-22(19)23/h3-15H,2,16-18H2,1H3,(H,29,35)(H,30,37)(H,31,34). The van der Waals surface area contributed by atoms with Crippen LogP contribution >= 0.6 is 0 Å². The van der Waals surface area contributed by atoms with Gasteiger partial charge in [-0.15, -0.1) is 0 Å². The van der Waals surface area contributed by atoms with Gasteiger partial charge < -0.3 is 16.0 Å². The molecule has 4 rings (SSSR count). The third-order valence-electron chi connectivity index (χ3n) is 5.71. The van der Waals surface area contributed by atoms with Gasteiger partial charge >= 0.3 is 0 Å². The molecular formula is C28H27N5O4. The molecule has 1 aromatic heterocycles. The maximum atomic E-state index is 12.4. The van der Waals surface area contributed by atoms with Gasteiger partial charge in [0.05, 0.1) is 5.69 Å². The Hall–Kier alpha value is -4.79. The van der Waals surface area contributed by atoms with Gasteiger partial charge in [-0.05, 0) is 41.1 Å². The van der Waals surface area contributed by atoms with Crippen molar-refractivity contribution in [2.45, 2.75) is 19.9 Å². The Morgan fingerprint density at radius 2 is 1.54 bits per heavy atom. The zero-order chi connectivity index (χ0) is 26.2. The molecule has 0 atom stereocenters. The second-order valence-corrected chi connectivity index (χ2v) is 8.33. The first-order chi connectivity index (χ1) is 17.9. The molecule has 0 unspecified atom stereocenters. The molecular weight excluding hydrogens is 470 g/mol. The van der Waals surface area contributed by atoms with Gasteiger partial charge in [0.2, 0.25) is 11.8 Å². The number of hydrogen-bond donors (Lipinski definition) is 3. The quantitative estimate of drug-likeness (QED) is 0.307. The number of hydrogen-bond acceptors (Lipinski definition) is 5. The van der Waals surface area contributed by atoms with E-state index >= 15 is 0 Å². The number of fused-ring (bicyclic) bond motifs is 1. The normalized spacial score (nSPS) is 10.6. The molecule has 9 nitrogen and oxygen atoms in total. The fourth-order valence-electron chi connectivity index (χ4n) is 3.78. The van der Waals surface area contributed by atoms with Crippen molar-refractivity contribution >= 4 is 34.2 Å². The van der Waals surface area contributed by atoms with Crippen LogP contribution < -0.4 is 21.5 Å². The molecule has 1 heterocycles. The topological polar surface area (TPSA) is 122 Å². The van der Waals surface area contributed by atoms with E-state index in [0.29, 0.717) is 23.4 Å². The van der Waals surface area contributed by atoms with E-state index in [9.17, 15) is 19.2 Å². The van der Waals surface area contributed by atoms with Crippen LogP contribution in [0.2, 0.25) is 0 Å². The maximum Gasteiger partial charge on any atom is 0.267 e. The summed E-state index contributed by atoms with van der Waals surface area (Å²) < 4.78 is 1.13. The minimum absolute atomic E-state index is 0.106. The van der Waals surface area contributed by atoms with E-state index in [-0.39, 0.29) is 37.0 Å². The Balaban J connectivity index is 1.30. The van der Waals surface area contributed by atoms with E-state index in [2.05, 4.69) is 21.0 Å². The molecule has 3 amide bonds. The molecule has 0 saturated carbocycles. The zero-order valence-electron chi connectivity index (χ0n) is 20.4. The Morgan fingerprint density at radius 3 is 2.32 bits per heavy atom. The summed E-state index contributed by atoms with van der Waals surface area (Å²) in [4.78, 5) is 48.5. The number of nitrogens with one attached hydrogen (secondary N) is 3. The molecule has 0 saturated heterocycles. The molecule has 3 N–H and O–H groups in total. The number of benzene rings is 3. The number of carbonyl (C=O) groups is 3. The lowest BCUT2D eigenvalue weighted by atomic mass is 10.0. The van der Waals surface area contributed by atoms with Gasteiger partial charge in [-0.1, -0.05) is 49.4 Å². The van der Waals surface area contributed by atoms with Crippen LogP contribution in [0.1, 0.15) is 23.7 Å². The van der Waals surface area contributed by atoms with Gasteiger partial charge in [0.1, 0.15) is 6.54 Å². The third-order valence-corrected chi connectivity index (χ3v) is 5.71. The second-order valence-electron chi connectivity index (χ2n) is 8.33. The molecule has 0 bridgehead atoms. The van der Waals surface area contributed by atoms with E-state index in [4.69, 9.17) is 0 Å². The van der Waals surface area contributed by atoms with Crippen molar-refractivity contribution in [3.05, 3.63) is 94.8 Å². The molecule has 0 fully saturated rings. The van der Waals surface area contributed by atoms with Crippen molar-refractivity contribution < 1.29 is 14.4 Å². The van der Waals surface area contributed by atoms with Gasteiger partial charge in [-0.3, -0.25) is 19.2 Å². The smallest absolute Gasteiger partial charge is 0.267 e. The number of rotatable bonds is 9. The Labute approximate surface area is 213 Å². The largest absolute Gasteiger partial charge is 0.353 e. The first-order valence-electron chi connectivity index (χ1n) is 12.0. The first-order valence-corrected chi connectivity index (χ1v) is 12.0. The number of aromatic nitrogens is 2. The number of anilines is 1. The van der Waals surface area contributed by atoms with Crippen molar-refractivity contribution in [1.29, 1.82) is 0 Å². The Kier molecular flexibility index (Phi) is 8.05. The Morgan fingerprint density at radius 1 is 0.811 bits per heavy atom. The monoisotopic (exact) mass is 497 g/mol. The summed E-state index contributed by atoms with van der Waals surface area (Å²) in [6.45, 7) is 1.91. The first kappa shape index (κ1) is 25.3.